The Bertz CT molecular complexity index is 581. The summed E-state index contributed by atoms with van der Waals surface area (Å²) >= 11 is 0. The fourth-order valence-electron chi connectivity index (χ4n) is 2.24. The van der Waals surface area contributed by atoms with Gasteiger partial charge in [-0.25, -0.2) is 0 Å². The number of nitrogens with two attached hydrogens (primary N) is 1. The van der Waals surface area contributed by atoms with E-state index in [1.165, 1.54) is 5.39 Å². The molecule has 0 heterocycles. The Hall–Kier alpha value is -1.54. The Kier molecular flexibility index (Phi) is 4.34. The number of benzene rings is 2. The van der Waals surface area contributed by atoms with Crippen LogP contribution < -0.4 is 10.5 Å². The molecule has 0 fully saturated rings. The van der Waals surface area contributed by atoms with E-state index in [9.17, 15) is 0 Å². The van der Waals surface area contributed by atoms with Crippen molar-refractivity contribution >= 4 is 10.8 Å². The van der Waals surface area contributed by atoms with Crippen molar-refractivity contribution in [1.29, 1.82) is 0 Å². The zero-order valence-electron chi connectivity index (χ0n) is 12.9. The predicted octanol–water partition coefficient (Wildman–Crippen LogP) is 4.67. The highest BCUT2D eigenvalue weighted by Gasteiger charge is 2.14. The highest BCUT2D eigenvalue weighted by Crippen LogP contribution is 2.33. The second-order valence-corrected chi connectivity index (χ2v) is 6.65. The fourth-order valence-corrected chi connectivity index (χ4v) is 2.24. The molecule has 0 radical (unpaired) electrons. The summed E-state index contributed by atoms with van der Waals surface area (Å²) in [5.41, 5.74) is 7.44. The van der Waals surface area contributed by atoms with Crippen molar-refractivity contribution < 1.29 is 4.74 Å². The summed E-state index contributed by atoms with van der Waals surface area (Å²) < 4.78 is 6.11. The third-order valence-electron chi connectivity index (χ3n) is 3.50. The van der Waals surface area contributed by atoms with Gasteiger partial charge in [0.15, 0.2) is 0 Å². The molecule has 2 aromatic rings. The maximum absolute atomic E-state index is 6.11. The Balaban J connectivity index is 2.35. The van der Waals surface area contributed by atoms with Gasteiger partial charge < -0.3 is 10.5 Å². The first-order valence-electron chi connectivity index (χ1n) is 7.28. The van der Waals surface area contributed by atoms with Gasteiger partial charge in [-0.3, -0.25) is 0 Å². The molecule has 0 aliphatic rings. The second-order valence-electron chi connectivity index (χ2n) is 6.65. The van der Waals surface area contributed by atoms with Crippen LogP contribution in [0.15, 0.2) is 36.4 Å². The molecule has 0 aliphatic heterocycles. The van der Waals surface area contributed by atoms with E-state index in [4.69, 9.17) is 10.5 Å². The average Bonchev–Trinajstić information content (AvgIpc) is 2.37. The molecule has 2 rings (SSSR count). The van der Waals surface area contributed by atoms with E-state index in [0.717, 1.165) is 29.7 Å². The first-order chi connectivity index (χ1) is 9.38. The summed E-state index contributed by atoms with van der Waals surface area (Å²) in [6.45, 7) is 9.40. The topological polar surface area (TPSA) is 35.2 Å². The van der Waals surface area contributed by atoms with Crippen LogP contribution in [0.25, 0.3) is 10.8 Å². The number of rotatable bonds is 4. The molecule has 2 nitrogen and oxygen atoms in total. The van der Waals surface area contributed by atoms with Gasteiger partial charge in [0.2, 0.25) is 0 Å². The maximum atomic E-state index is 6.11. The van der Waals surface area contributed by atoms with Gasteiger partial charge >= 0.3 is 0 Å². The summed E-state index contributed by atoms with van der Waals surface area (Å²) in [4.78, 5) is 0. The Labute approximate surface area is 121 Å². The van der Waals surface area contributed by atoms with Crippen molar-refractivity contribution in [2.45, 2.75) is 40.2 Å². The van der Waals surface area contributed by atoms with Gasteiger partial charge in [0.25, 0.3) is 0 Å². The highest BCUT2D eigenvalue weighted by atomic mass is 16.5. The summed E-state index contributed by atoms with van der Waals surface area (Å²) in [5, 5.41) is 2.35. The van der Waals surface area contributed by atoms with Gasteiger partial charge in [0, 0.05) is 17.0 Å². The predicted molar refractivity (Wildman–Crippen MR) is 86.1 cm³/mol. The molecule has 0 spiro atoms. The van der Waals surface area contributed by atoms with Crippen LogP contribution in [-0.4, -0.2) is 6.61 Å². The molecule has 20 heavy (non-hydrogen) atoms. The number of ether oxygens (including phenoxy) is 1. The van der Waals surface area contributed by atoms with Crippen molar-refractivity contribution in [1.82, 2.24) is 0 Å². The third kappa shape index (κ3) is 3.51. The van der Waals surface area contributed by atoms with E-state index in [-0.39, 0.29) is 11.5 Å². The summed E-state index contributed by atoms with van der Waals surface area (Å²) in [7, 11) is 0. The monoisotopic (exact) mass is 271 g/mol. The molecule has 0 unspecified atom stereocenters. The lowest BCUT2D eigenvalue weighted by molar-refractivity contribution is 0.243. The lowest BCUT2D eigenvalue weighted by Crippen LogP contribution is -2.13. The van der Waals surface area contributed by atoms with Gasteiger partial charge in [-0.05, 0) is 24.1 Å². The van der Waals surface area contributed by atoms with E-state index in [1.54, 1.807) is 0 Å². The second kappa shape index (κ2) is 5.84. The molecule has 0 aliphatic carbocycles. The molecule has 108 valence electrons. The van der Waals surface area contributed by atoms with Crippen LogP contribution in [0.3, 0.4) is 0 Å². The van der Waals surface area contributed by atoms with Crippen molar-refractivity contribution in [3.8, 4) is 5.75 Å². The van der Waals surface area contributed by atoms with Crippen LogP contribution in [-0.2, 0) is 0 Å². The van der Waals surface area contributed by atoms with E-state index in [2.05, 4.69) is 45.0 Å². The van der Waals surface area contributed by atoms with Crippen molar-refractivity contribution in [2.75, 3.05) is 6.61 Å². The molecule has 0 aromatic heterocycles. The van der Waals surface area contributed by atoms with Gasteiger partial charge in [-0.15, -0.1) is 0 Å². The smallest absolute Gasteiger partial charge is 0.131 e. The Morgan fingerprint density at radius 3 is 2.45 bits per heavy atom. The minimum absolute atomic E-state index is 0.0238. The van der Waals surface area contributed by atoms with Gasteiger partial charge in [-0.1, -0.05) is 57.2 Å². The van der Waals surface area contributed by atoms with Crippen LogP contribution in [0.2, 0.25) is 0 Å². The van der Waals surface area contributed by atoms with Gasteiger partial charge in [-0.2, -0.15) is 0 Å². The lowest BCUT2D eigenvalue weighted by Gasteiger charge is -2.21. The molecule has 1 atom stereocenters. The lowest BCUT2D eigenvalue weighted by atomic mass is 9.93. The minimum atomic E-state index is -0.0238. The summed E-state index contributed by atoms with van der Waals surface area (Å²) in [6, 6.07) is 12.5. The third-order valence-corrected chi connectivity index (χ3v) is 3.50. The molecule has 0 bridgehead atoms. The van der Waals surface area contributed by atoms with E-state index >= 15 is 0 Å². The van der Waals surface area contributed by atoms with Crippen LogP contribution >= 0.6 is 0 Å². The van der Waals surface area contributed by atoms with E-state index < -0.39 is 0 Å². The van der Waals surface area contributed by atoms with Crippen LogP contribution in [0.5, 0.6) is 5.75 Å². The molecule has 0 amide bonds. The van der Waals surface area contributed by atoms with Crippen LogP contribution in [0.1, 0.15) is 45.7 Å². The molecule has 2 aromatic carbocycles. The number of fused-ring (bicyclic) bond motifs is 1. The first kappa shape index (κ1) is 14.9. The molecule has 2 N–H and O–H groups in total. The quantitative estimate of drug-likeness (QED) is 0.876. The van der Waals surface area contributed by atoms with E-state index in [0.29, 0.717) is 0 Å². The molecule has 0 saturated heterocycles. The summed E-state index contributed by atoms with van der Waals surface area (Å²) in [6.07, 6.45) is 1.02. The zero-order valence-corrected chi connectivity index (χ0v) is 12.9. The highest BCUT2D eigenvalue weighted by molar-refractivity contribution is 5.89. The summed E-state index contributed by atoms with van der Waals surface area (Å²) in [5.74, 6) is 0.947. The fraction of sp³-hybridized carbons (Fsp3) is 0.444. The number of hydrogen-bond donors (Lipinski definition) is 1. The minimum Gasteiger partial charge on any atom is -0.493 e. The molecule has 0 saturated carbocycles. The largest absolute Gasteiger partial charge is 0.493 e. The van der Waals surface area contributed by atoms with Crippen LogP contribution in [0, 0.1) is 5.41 Å². The zero-order chi connectivity index (χ0) is 14.8. The maximum Gasteiger partial charge on any atom is 0.131 e. The average molecular weight is 271 g/mol. The van der Waals surface area contributed by atoms with Gasteiger partial charge in [0.1, 0.15) is 5.75 Å². The normalized spacial score (nSPS) is 13.4. The number of hydrogen-bond acceptors (Lipinski definition) is 2. The van der Waals surface area contributed by atoms with Crippen LogP contribution in [0.4, 0.5) is 0 Å². The first-order valence-corrected chi connectivity index (χ1v) is 7.28. The Morgan fingerprint density at radius 2 is 1.80 bits per heavy atom. The van der Waals surface area contributed by atoms with Crippen molar-refractivity contribution in [3.63, 3.8) is 0 Å². The molecular weight excluding hydrogens is 246 g/mol. The van der Waals surface area contributed by atoms with Crippen molar-refractivity contribution in [2.24, 2.45) is 11.1 Å². The Morgan fingerprint density at radius 1 is 1.10 bits per heavy atom. The van der Waals surface area contributed by atoms with Crippen molar-refractivity contribution in [3.05, 3.63) is 42.0 Å². The van der Waals surface area contributed by atoms with E-state index in [1.807, 2.05) is 19.1 Å². The standard InChI is InChI=1S/C18H25NO/c1-13(19)15-10-9-14-7-5-6-8-16(14)17(15)20-12-11-18(2,3)4/h5-10,13H,11-12,19H2,1-4H3/t13-/m1/s1. The molecular formula is C18H25NO. The van der Waals surface area contributed by atoms with Gasteiger partial charge in [0.05, 0.1) is 6.61 Å². The SMILES string of the molecule is C[C@@H](N)c1ccc2ccccc2c1OCCC(C)(C)C. The molecule has 2 heteroatoms.